The van der Waals surface area contributed by atoms with Gasteiger partial charge in [0.15, 0.2) is 0 Å². The van der Waals surface area contributed by atoms with Crippen LogP contribution in [0.15, 0.2) is 15.7 Å². The van der Waals surface area contributed by atoms with Crippen molar-refractivity contribution in [2.75, 3.05) is 6.54 Å². The van der Waals surface area contributed by atoms with Crippen molar-refractivity contribution in [3.05, 3.63) is 32.6 Å². The lowest BCUT2D eigenvalue weighted by atomic mass is 9.96. The molecule has 1 atom stereocenters. The van der Waals surface area contributed by atoms with E-state index in [0.717, 1.165) is 6.07 Å². The minimum absolute atomic E-state index is 0.0827. The third-order valence-electron chi connectivity index (χ3n) is 2.61. The van der Waals surface area contributed by atoms with Crippen LogP contribution in [-0.2, 0) is 4.79 Å². The molecule has 0 aliphatic carbocycles. The van der Waals surface area contributed by atoms with E-state index in [2.05, 4.69) is 10.3 Å². The molecule has 1 aromatic heterocycles. The fourth-order valence-electron chi connectivity index (χ4n) is 1.50. The smallest absolute Gasteiger partial charge is 0.326 e. The molecule has 8 heteroatoms. The molecular formula is C11H15N3O5. The Hall–Kier alpha value is -2.38. The molecule has 0 spiro atoms. The van der Waals surface area contributed by atoms with Crippen molar-refractivity contribution in [3.63, 3.8) is 0 Å². The summed E-state index contributed by atoms with van der Waals surface area (Å²) in [6.45, 7) is 3.36. The Kier molecular flexibility index (Phi) is 4.62. The van der Waals surface area contributed by atoms with Gasteiger partial charge in [-0.3, -0.25) is 19.4 Å². The number of H-pyrrole nitrogens is 2. The van der Waals surface area contributed by atoms with E-state index < -0.39 is 29.0 Å². The van der Waals surface area contributed by atoms with Gasteiger partial charge in [0.1, 0.15) is 5.69 Å². The van der Waals surface area contributed by atoms with E-state index in [-0.39, 0.29) is 18.2 Å². The number of aromatic nitrogens is 2. The maximum absolute atomic E-state index is 11.7. The Bertz CT molecular complexity index is 558. The molecule has 4 N–H and O–H groups in total. The van der Waals surface area contributed by atoms with E-state index in [0.29, 0.717) is 0 Å². The first kappa shape index (κ1) is 14.7. The van der Waals surface area contributed by atoms with Gasteiger partial charge in [0, 0.05) is 12.6 Å². The van der Waals surface area contributed by atoms with Crippen molar-refractivity contribution in [2.24, 2.45) is 11.8 Å². The molecule has 1 unspecified atom stereocenters. The lowest BCUT2D eigenvalue weighted by Crippen LogP contribution is -2.37. The maximum atomic E-state index is 11.7. The Morgan fingerprint density at radius 1 is 1.32 bits per heavy atom. The highest BCUT2D eigenvalue weighted by molar-refractivity contribution is 5.92. The molecule has 0 fully saturated rings. The summed E-state index contributed by atoms with van der Waals surface area (Å²) < 4.78 is 0. The van der Waals surface area contributed by atoms with Crippen molar-refractivity contribution in [1.82, 2.24) is 15.3 Å². The number of aromatic amines is 2. The number of nitrogens with one attached hydrogen (secondary N) is 3. The zero-order chi connectivity index (χ0) is 14.6. The zero-order valence-corrected chi connectivity index (χ0v) is 10.5. The molecule has 0 aliphatic heterocycles. The number of carboxylic acids is 1. The summed E-state index contributed by atoms with van der Waals surface area (Å²) in [5.41, 5.74) is -1.70. The van der Waals surface area contributed by atoms with E-state index >= 15 is 0 Å². The molecule has 0 saturated heterocycles. The van der Waals surface area contributed by atoms with Crippen LogP contribution >= 0.6 is 0 Å². The van der Waals surface area contributed by atoms with Gasteiger partial charge in [-0.25, -0.2) is 4.79 Å². The van der Waals surface area contributed by atoms with Crippen LogP contribution in [0.3, 0.4) is 0 Å². The first-order valence-corrected chi connectivity index (χ1v) is 5.66. The first-order valence-electron chi connectivity index (χ1n) is 5.66. The standard InChI is InChI=1S/C11H15N3O5/c1-5(2)6(10(17)18)4-12-9(16)7-3-8(15)14-11(19)13-7/h3,5-6H,4H2,1-2H3,(H,12,16)(H,17,18)(H2,13,14,15,19). The third-order valence-corrected chi connectivity index (χ3v) is 2.61. The third kappa shape index (κ3) is 4.09. The summed E-state index contributed by atoms with van der Waals surface area (Å²) >= 11 is 0. The average molecular weight is 269 g/mol. The minimum atomic E-state index is -1.02. The Labute approximate surface area is 107 Å². The fourth-order valence-corrected chi connectivity index (χ4v) is 1.50. The van der Waals surface area contributed by atoms with Crippen LogP contribution in [0.4, 0.5) is 0 Å². The molecule has 8 nitrogen and oxygen atoms in total. The number of rotatable bonds is 5. The van der Waals surface area contributed by atoms with Crippen LogP contribution in [0.5, 0.6) is 0 Å². The van der Waals surface area contributed by atoms with Gasteiger partial charge < -0.3 is 15.4 Å². The van der Waals surface area contributed by atoms with Crippen LogP contribution in [0.25, 0.3) is 0 Å². The lowest BCUT2D eigenvalue weighted by Gasteiger charge is -2.16. The number of carbonyl (C=O) groups is 2. The normalized spacial score (nSPS) is 12.2. The van der Waals surface area contributed by atoms with Crippen molar-refractivity contribution < 1.29 is 14.7 Å². The van der Waals surface area contributed by atoms with Gasteiger partial charge in [0.05, 0.1) is 5.92 Å². The zero-order valence-electron chi connectivity index (χ0n) is 10.5. The van der Waals surface area contributed by atoms with Gasteiger partial charge >= 0.3 is 11.7 Å². The van der Waals surface area contributed by atoms with E-state index in [1.807, 2.05) is 4.98 Å². The second kappa shape index (κ2) is 5.98. The topological polar surface area (TPSA) is 132 Å². The van der Waals surface area contributed by atoms with Gasteiger partial charge in [0.2, 0.25) is 0 Å². The van der Waals surface area contributed by atoms with E-state index in [1.165, 1.54) is 0 Å². The molecule has 1 amide bonds. The molecule has 104 valence electrons. The van der Waals surface area contributed by atoms with Crippen LogP contribution in [0.2, 0.25) is 0 Å². The van der Waals surface area contributed by atoms with Crippen molar-refractivity contribution in [1.29, 1.82) is 0 Å². The van der Waals surface area contributed by atoms with Gasteiger partial charge in [-0.2, -0.15) is 0 Å². The number of carboxylic acid groups (broad SMARTS) is 1. The van der Waals surface area contributed by atoms with Crippen LogP contribution in [0.1, 0.15) is 24.3 Å². The van der Waals surface area contributed by atoms with E-state index in [4.69, 9.17) is 5.11 Å². The van der Waals surface area contributed by atoms with Gasteiger partial charge in [-0.05, 0) is 5.92 Å². The Balaban J connectivity index is 2.77. The SMILES string of the molecule is CC(C)C(CNC(=O)c1cc(=O)[nH]c(=O)[nH]1)C(=O)O. The molecule has 0 saturated carbocycles. The van der Waals surface area contributed by atoms with Gasteiger partial charge in [-0.15, -0.1) is 0 Å². The molecule has 1 heterocycles. The summed E-state index contributed by atoms with van der Waals surface area (Å²) in [6.07, 6.45) is 0. The minimum Gasteiger partial charge on any atom is -0.481 e. The van der Waals surface area contributed by atoms with Crippen molar-refractivity contribution in [3.8, 4) is 0 Å². The number of hydrogen-bond acceptors (Lipinski definition) is 4. The van der Waals surface area contributed by atoms with Crippen molar-refractivity contribution >= 4 is 11.9 Å². The number of carbonyl (C=O) groups excluding carboxylic acids is 1. The van der Waals surface area contributed by atoms with E-state index in [1.54, 1.807) is 13.8 Å². The molecule has 0 aliphatic rings. The van der Waals surface area contributed by atoms with Crippen LogP contribution in [0, 0.1) is 11.8 Å². The average Bonchev–Trinajstić information content (AvgIpc) is 2.26. The van der Waals surface area contributed by atoms with E-state index in [9.17, 15) is 19.2 Å². The molecule has 0 radical (unpaired) electrons. The maximum Gasteiger partial charge on any atom is 0.326 e. The fraction of sp³-hybridized carbons (Fsp3) is 0.455. The summed E-state index contributed by atoms with van der Waals surface area (Å²) in [6, 6.07) is 0.932. The predicted octanol–water partition coefficient (Wildman–Crippen LogP) is -0.850. The Morgan fingerprint density at radius 3 is 2.42 bits per heavy atom. The molecule has 0 aromatic carbocycles. The number of hydrogen-bond donors (Lipinski definition) is 4. The van der Waals surface area contributed by atoms with Crippen molar-refractivity contribution in [2.45, 2.75) is 13.8 Å². The summed E-state index contributed by atoms with van der Waals surface area (Å²) in [7, 11) is 0. The highest BCUT2D eigenvalue weighted by Gasteiger charge is 2.22. The van der Waals surface area contributed by atoms with Crippen LogP contribution in [-0.4, -0.2) is 33.5 Å². The first-order chi connectivity index (χ1) is 8.81. The Morgan fingerprint density at radius 2 is 1.95 bits per heavy atom. The van der Waals surface area contributed by atoms with Crippen LogP contribution < -0.4 is 16.6 Å². The quantitative estimate of drug-likeness (QED) is 0.552. The summed E-state index contributed by atoms with van der Waals surface area (Å²) in [5.74, 6) is -2.61. The largest absolute Gasteiger partial charge is 0.481 e. The molecular weight excluding hydrogens is 254 g/mol. The highest BCUT2D eigenvalue weighted by Crippen LogP contribution is 2.09. The number of amides is 1. The van der Waals surface area contributed by atoms with Gasteiger partial charge in [-0.1, -0.05) is 13.8 Å². The van der Waals surface area contributed by atoms with Gasteiger partial charge in [0.25, 0.3) is 11.5 Å². The summed E-state index contributed by atoms with van der Waals surface area (Å²) in [5, 5.41) is 11.3. The highest BCUT2D eigenvalue weighted by atomic mass is 16.4. The predicted molar refractivity (Wildman–Crippen MR) is 66.0 cm³/mol. The summed E-state index contributed by atoms with van der Waals surface area (Å²) in [4.78, 5) is 48.7. The molecule has 1 aromatic rings. The monoisotopic (exact) mass is 269 g/mol. The molecule has 1 rings (SSSR count). The lowest BCUT2D eigenvalue weighted by molar-refractivity contribution is -0.142. The second-order valence-electron chi connectivity index (χ2n) is 4.40. The second-order valence-corrected chi connectivity index (χ2v) is 4.40. The molecule has 19 heavy (non-hydrogen) atoms. The molecule has 0 bridgehead atoms. The number of aliphatic carboxylic acids is 1.